The van der Waals surface area contributed by atoms with E-state index in [1.807, 2.05) is 0 Å². The van der Waals surface area contributed by atoms with E-state index in [0.29, 0.717) is 38.5 Å². The van der Waals surface area contributed by atoms with E-state index < -0.39 is 11.6 Å². The van der Waals surface area contributed by atoms with Gasteiger partial charge >= 0.3 is 11.9 Å². The fourth-order valence-corrected chi connectivity index (χ4v) is 11.1. The maximum atomic E-state index is 12.6. The standard InChI is InChI=1S/C34H53NO9/c1-20(9-12-29(35)38)24-10-11-25-30-26(18-28(32(24,25)5)40-22(3)37)31(4)15-16-34(19-23(31)17-27(30)39-21(2)36)43-41-33(42-44-34)13-7-6-8-14-33/h20,23-28,30H,6-19H2,1-5H3,(H2,35,38)/t20?,23-,24-,25?,26?,27-,28+,30?,31+,32-/m1/s1. The molecule has 10 nitrogen and oxygen atoms in total. The van der Waals surface area contributed by atoms with E-state index >= 15 is 0 Å². The van der Waals surface area contributed by atoms with Crippen LogP contribution in [-0.2, 0) is 43.4 Å². The molecule has 1 saturated heterocycles. The minimum Gasteiger partial charge on any atom is -0.462 e. The van der Waals surface area contributed by atoms with Gasteiger partial charge in [0, 0.05) is 57.3 Å². The Kier molecular flexibility index (Phi) is 8.64. The van der Waals surface area contributed by atoms with Gasteiger partial charge in [0.1, 0.15) is 12.2 Å². The van der Waals surface area contributed by atoms with Gasteiger partial charge in [-0.1, -0.05) is 27.2 Å². The molecule has 5 saturated carbocycles. The first-order chi connectivity index (χ1) is 20.8. The van der Waals surface area contributed by atoms with Gasteiger partial charge < -0.3 is 15.2 Å². The number of amides is 1. The predicted octanol–water partition coefficient (Wildman–Crippen LogP) is 5.90. The topological polar surface area (TPSA) is 133 Å². The van der Waals surface area contributed by atoms with E-state index in [1.54, 1.807) is 0 Å². The normalized spacial score (nSPS) is 42.9. The molecule has 10 heteroatoms. The van der Waals surface area contributed by atoms with Crippen molar-refractivity contribution < 1.29 is 43.4 Å². The molecule has 2 N–H and O–H groups in total. The summed E-state index contributed by atoms with van der Waals surface area (Å²) in [4.78, 5) is 61.0. The van der Waals surface area contributed by atoms with E-state index in [1.165, 1.54) is 13.8 Å². The third-order valence-corrected chi connectivity index (χ3v) is 13.3. The first-order valence-corrected chi connectivity index (χ1v) is 17.2. The number of esters is 2. The van der Waals surface area contributed by atoms with Crippen molar-refractivity contribution in [2.75, 3.05) is 0 Å². The minimum absolute atomic E-state index is 0.103. The summed E-state index contributed by atoms with van der Waals surface area (Å²) in [7, 11) is 0. The molecule has 1 heterocycles. The zero-order valence-corrected chi connectivity index (χ0v) is 27.3. The van der Waals surface area contributed by atoms with Gasteiger partial charge in [-0.2, -0.15) is 19.6 Å². The molecule has 10 atom stereocenters. The highest BCUT2D eigenvalue weighted by Gasteiger charge is 2.69. The van der Waals surface area contributed by atoms with Crippen LogP contribution in [0.5, 0.6) is 0 Å². The Bertz CT molecular complexity index is 1110. The largest absolute Gasteiger partial charge is 0.462 e. The lowest BCUT2D eigenvalue weighted by Gasteiger charge is -2.65. The van der Waals surface area contributed by atoms with E-state index in [9.17, 15) is 14.4 Å². The molecule has 6 aliphatic rings. The monoisotopic (exact) mass is 619 g/mol. The van der Waals surface area contributed by atoms with Gasteiger partial charge in [0.05, 0.1) is 0 Å². The smallest absolute Gasteiger partial charge is 0.302 e. The third-order valence-electron chi connectivity index (χ3n) is 13.3. The van der Waals surface area contributed by atoms with Crippen molar-refractivity contribution in [3.05, 3.63) is 0 Å². The maximum Gasteiger partial charge on any atom is 0.302 e. The van der Waals surface area contributed by atoms with Crippen molar-refractivity contribution in [2.24, 2.45) is 52.1 Å². The number of carbonyl (C=O) groups excluding carboxylic acids is 3. The highest BCUT2D eigenvalue weighted by molar-refractivity contribution is 5.73. The molecule has 0 radical (unpaired) electrons. The summed E-state index contributed by atoms with van der Waals surface area (Å²) in [5.41, 5.74) is 5.12. The first kappa shape index (κ1) is 32.2. The van der Waals surface area contributed by atoms with Crippen molar-refractivity contribution in [1.82, 2.24) is 0 Å². The lowest BCUT2D eigenvalue weighted by molar-refractivity contribution is -0.665. The Hall–Kier alpha value is -1.75. The van der Waals surface area contributed by atoms with E-state index in [-0.39, 0.29) is 76.4 Å². The van der Waals surface area contributed by atoms with Crippen LogP contribution in [0.2, 0.25) is 0 Å². The molecule has 6 rings (SSSR count). The lowest BCUT2D eigenvalue weighted by atomic mass is 9.42. The molecule has 1 aliphatic heterocycles. The lowest BCUT2D eigenvalue weighted by Crippen LogP contribution is -2.65. The summed E-state index contributed by atoms with van der Waals surface area (Å²) in [5.74, 6) is -1.46. The molecule has 0 bridgehead atoms. The van der Waals surface area contributed by atoms with Crippen molar-refractivity contribution in [1.29, 1.82) is 0 Å². The number of ether oxygens (including phenoxy) is 2. The van der Waals surface area contributed by atoms with Crippen LogP contribution in [-0.4, -0.2) is 41.6 Å². The highest BCUT2D eigenvalue weighted by Crippen LogP contribution is 2.70. The summed E-state index contributed by atoms with van der Waals surface area (Å²) in [5, 5.41) is 0. The van der Waals surface area contributed by atoms with Gasteiger partial charge in [0.2, 0.25) is 17.5 Å². The number of fused-ring (bicyclic) bond motifs is 5. The number of nitrogens with two attached hydrogens (primary N) is 1. The number of hydrogen-bond acceptors (Lipinski definition) is 9. The second kappa shape index (κ2) is 11.8. The minimum atomic E-state index is -0.993. The summed E-state index contributed by atoms with van der Waals surface area (Å²) in [6.07, 6.45) is 10.6. The average molecular weight is 620 g/mol. The number of rotatable bonds is 6. The van der Waals surface area contributed by atoms with Crippen LogP contribution in [0.25, 0.3) is 0 Å². The molecule has 6 fully saturated rings. The number of primary amides is 1. The quantitative estimate of drug-likeness (QED) is 0.285. The van der Waals surface area contributed by atoms with Crippen molar-refractivity contribution in [3.63, 3.8) is 0 Å². The summed E-state index contributed by atoms with van der Waals surface area (Å²) >= 11 is 0. The third kappa shape index (κ3) is 5.49. The van der Waals surface area contributed by atoms with E-state index in [4.69, 9.17) is 34.8 Å². The van der Waals surface area contributed by atoms with Crippen LogP contribution in [0, 0.1) is 46.3 Å². The Morgan fingerprint density at radius 1 is 0.841 bits per heavy atom. The van der Waals surface area contributed by atoms with E-state index in [2.05, 4.69) is 20.8 Å². The Morgan fingerprint density at radius 3 is 2.14 bits per heavy atom. The van der Waals surface area contributed by atoms with Crippen molar-refractivity contribution >= 4 is 17.8 Å². The molecule has 1 amide bonds. The van der Waals surface area contributed by atoms with Gasteiger partial charge in [-0.3, -0.25) is 14.4 Å². The van der Waals surface area contributed by atoms with E-state index in [0.717, 1.165) is 51.4 Å². The fraction of sp³-hybridized carbons (Fsp3) is 0.912. The Balaban J connectivity index is 1.29. The fourth-order valence-electron chi connectivity index (χ4n) is 11.1. The van der Waals surface area contributed by atoms with Crippen LogP contribution >= 0.6 is 0 Å². The molecule has 44 heavy (non-hydrogen) atoms. The van der Waals surface area contributed by atoms with Crippen LogP contribution < -0.4 is 5.73 Å². The van der Waals surface area contributed by atoms with Crippen molar-refractivity contribution in [3.8, 4) is 0 Å². The SMILES string of the molecule is CC(=O)O[C@H]1CC2C(C3CC[C@H](C(C)CCC(N)=O)[C@]31C)[C@H](OC(C)=O)C[C@@H]1CC3(CC[C@]21C)OOC1(CCCCC1)OO3. The van der Waals surface area contributed by atoms with Crippen LogP contribution in [0.4, 0.5) is 0 Å². The summed E-state index contributed by atoms with van der Waals surface area (Å²) in [6, 6.07) is 0. The molecule has 0 aromatic rings. The molecule has 2 spiro atoms. The van der Waals surface area contributed by atoms with Gasteiger partial charge in [-0.15, -0.1) is 0 Å². The van der Waals surface area contributed by atoms with Crippen LogP contribution in [0.1, 0.15) is 125 Å². The first-order valence-electron chi connectivity index (χ1n) is 17.2. The Labute approximate surface area is 261 Å². The second-order valence-corrected chi connectivity index (χ2v) is 15.7. The molecular formula is C34H53NO9. The zero-order chi connectivity index (χ0) is 31.5. The van der Waals surface area contributed by atoms with Crippen molar-refractivity contribution in [2.45, 2.75) is 148 Å². The molecule has 0 aromatic heterocycles. The average Bonchev–Trinajstić information content (AvgIpc) is 3.33. The second-order valence-electron chi connectivity index (χ2n) is 15.7. The van der Waals surface area contributed by atoms with Gasteiger partial charge in [0.15, 0.2) is 0 Å². The molecule has 0 aromatic carbocycles. The summed E-state index contributed by atoms with van der Waals surface area (Å²) < 4.78 is 12.5. The maximum absolute atomic E-state index is 12.6. The molecular weight excluding hydrogens is 566 g/mol. The van der Waals surface area contributed by atoms with Crippen LogP contribution in [0.15, 0.2) is 0 Å². The Morgan fingerprint density at radius 2 is 1.50 bits per heavy atom. The molecule has 4 unspecified atom stereocenters. The summed E-state index contributed by atoms with van der Waals surface area (Å²) in [6.45, 7) is 9.85. The molecule has 5 aliphatic carbocycles. The number of carbonyl (C=O) groups is 3. The van der Waals surface area contributed by atoms with Gasteiger partial charge in [-0.05, 0) is 86.4 Å². The molecule has 248 valence electrons. The zero-order valence-electron chi connectivity index (χ0n) is 27.3. The van der Waals surface area contributed by atoms with Gasteiger partial charge in [-0.25, -0.2) is 0 Å². The number of hydrogen-bond donors (Lipinski definition) is 1. The predicted molar refractivity (Wildman–Crippen MR) is 158 cm³/mol. The van der Waals surface area contributed by atoms with Gasteiger partial charge in [0.25, 0.3) is 0 Å². The van der Waals surface area contributed by atoms with Crippen LogP contribution in [0.3, 0.4) is 0 Å². The highest BCUT2D eigenvalue weighted by atomic mass is 17.4.